The van der Waals surface area contributed by atoms with Crippen molar-refractivity contribution >= 4 is 5.78 Å². The smallest absolute Gasteiger partial charge is 0.133 e. The molecular weight excluding hydrogens is 148 g/mol. The van der Waals surface area contributed by atoms with E-state index in [-0.39, 0.29) is 0 Å². The Kier molecular flexibility index (Phi) is 1.38. The van der Waals surface area contributed by atoms with Gasteiger partial charge in [-0.15, -0.1) is 0 Å². The molecule has 3 rings (SSSR count). The molecule has 0 aliphatic heterocycles. The maximum absolute atomic E-state index is 11.5. The van der Waals surface area contributed by atoms with Crippen LogP contribution in [-0.4, -0.2) is 5.78 Å². The van der Waals surface area contributed by atoms with Crippen molar-refractivity contribution < 1.29 is 4.79 Å². The Balaban J connectivity index is 1.92. The van der Waals surface area contributed by atoms with Crippen LogP contribution in [0, 0.1) is 23.7 Å². The molecule has 0 N–H and O–H groups in total. The van der Waals surface area contributed by atoms with Crippen molar-refractivity contribution in [2.24, 2.45) is 23.7 Å². The Morgan fingerprint density at radius 3 is 2.50 bits per heavy atom. The summed E-state index contributed by atoms with van der Waals surface area (Å²) >= 11 is 0. The molecule has 12 heavy (non-hydrogen) atoms. The fourth-order valence-corrected chi connectivity index (χ4v) is 3.93. The standard InChI is InChI=1S/C11H16O/c12-11-5-8-1-7-2-9(4-8)10(3-7)6-11/h7-10H,1-6H2. The highest BCUT2D eigenvalue weighted by molar-refractivity contribution is 5.79. The van der Waals surface area contributed by atoms with Gasteiger partial charge in [-0.1, -0.05) is 0 Å². The van der Waals surface area contributed by atoms with Gasteiger partial charge in [0.25, 0.3) is 0 Å². The lowest BCUT2D eigenvalue weighted by molar-refractivity contribution is -0.120. The van der Waals surface area contributed by atoms with E-state index < -0.39 is 0 Å². The van der Waals surface area contributed by atoms with Gasteiger partial charge in [-0.2, -0.15) is 0 Å². The predicted octanol–water partition coefficient (Wildman–Crippen LogP) is 2.40. The second kappa shape index (κ2) is 2.34. The zero-order chi connectivity index (χ0) is 8.13. The number of hydrogen-bond acceptors (Lipinski definition) is 1. The molecule has 0 aromatic carbocycles. The lowest BCUT2D eigenvalue weighted by Crippen LogP contribution is -2.16. The van der Waals surface area contributed by atoms with Crippen molar-refractivity contribution in [1.82, 2.24) is 0 Å². The summed E-state index contributed by atoms with van der Waals surface area (Å²) in [5.41, 5.74) is 0. The van der Waals surface area contributed by atoms with E-state index in [1.165, 1.54) is 25.7 Å². The number of rotatable bonds is 0. The highest BCUT2D eigenvalue weighted by Gasteiger charge is 2.44. The van der Waals surface area contributed by atoms with Crippen LogP contribution < -0.4 is 0 Å². The van der Waals surface area contributed by atoms with E-state index in [2.05, 4.69) is 0 Å². The van der Waals surface area contributed by atoms with Crippen LogP contribution in [0.25, 0.3) is 0 Å². The van der Waals surface area contributed by atoms with E-state index in [9.17, 15) is 4.79 Å². The molecule has 0 saturated heterocycles. The fraction of sp³-hybridized carbons (Fsp3) is 0.909. The quantitative estimate of drug-likeness (QED) is 0.537. The summed E-state index contributed by atoms with van der Waals surface area (Å²) in [6, 6.07) is 0. The lowest BCUT2D eigenvalue weighted by Gasteiger charge is -2.25. The van der Waals surface area contributed by atoms with Crippen LogP contribution in [0.2, 0.25) is 0 Å². The molecule has 3 aliphatic rings. The van der Waals surface area contributed by atoms with Crippen LogP contribution in [0.3, 0.4) is 0 Å². The Labute approximate surface area is 73.5 Å². The van der Waals surface area contributed by atoms with Crippen LogP contribution >= 0.6 is 0 Å². The zero-order valence-corrected chi connectivity index (χ0v) is 7.46. The van der Waals surface area contributed by atoms with Crippen molar-refractivity contribution in [1.29, 1.82) is 0 Å². The van der Waals surface area contributed by atoms with E-state index in [0.29, 0.717) is 5.78 Å². The molecule has 3 saturated carbocycles. The molecule has 0 amide bonds. The fourth-order valence-electron chi connectivity index (χ4n) is 3.93. The van der Waals surface area contributed by atoms with Gasteiger partial charge < -0.3 is 0 Å². The summed E-state index contributed by atoms with van der Waals surface area (Å²) in [5, 5.41) is 0. The minimum atomic E-state index is 0.563. The van der Waals surface area contributed by atoms with Crippen LogP contribution in [0.1, 0.15) is 38.5 Å². The monoisotopic (exact) mass is 164 g/mol. The van der Waals surface area contributed by atoms with Crippen molar-refractivity contribution in [3.8, 4) is 0 Å². The molecule has 0 spiro atoms. The van der Waals surface area contributed by atoms with E-state index in [4.69, 9.17) is 0 Å². The molecule has 0 aromatic rings. The molecule has 4 atom stereocenters. The van der Waals surface area contributed by atoms with Gasteiger partial charge in [0.1, 0.15) is 5.78 Å². The number of fused-ring (bicyclic) bond motifs is 2. The van der Waals surface area contributed by atoms with Crippen molar-refractivity contribution in [2.75, 3.05) is 0 Å². The molecule has 4 unspecified atom stereocenters. The summed E-state index contributed by atoms with van der Waals surface area (Å²) in [6.07, 6.45) is 7.44. The van der Waals surface area contributed by atoms with Gasteiger partial charge in [0.05, 0.1) is 0 Å². The van der Waals surface area contributed by atoms with Crippen molar-refractivity contribution in [3.05, 3.63) is 0 Å². The summed E-state index contributed by atoms with van der Waals surface area (Å²) in [5.74, 6) is 4.10. The predicted molar refractivity (Wildman–Crippen MR) is 46.7 cm³/mol. The minimum absolute atomic E-state index is 0.563. The number of carbonyl (C=O) groups excluding carboxylic acids is 1. The number of carbonyl (C=O) groups is 1. The van der Waals surface area contributed by atoms with Crippen LogP contribution in [0.4, 0.5) is 0 Å². The molecule has 3 aliphatic carbocycles. The van der Waals surface area contributed by atoms with E-state index in [1.807, 2.05) is 0 Å². The Morgan fingerprint density at radius 1 is 0.833 bits per heavy atom. The molecule has 0 radical (unpaired) electrons. The summed E-state index contributed by atoms with van der Waals surface area (Å²) in [4.78, 5) is 11.5. The van der Waals surface area contributed by atoms with Gasteiger partial charge in [-0.05, 0) is 49.4 Å². The first-order valence-electron chi connectivity index (χ1n) is 5.33. The maximum atomic E-state index is 11.5. The normalized spacial score (nSPS) is 51.2. The van der Waals surface area contributed by atoms with Crippen LogP contribution in [0.15, 0.2) is 0 Å². The second-order valence-electron chi connectivity index (χ2n) is 5.14. The Bertz CT molecular complexity index is 219. The van der Waals surface area contributed by atoms with Gasteiger partial charge in [-0.3, -0.25) is 4.79 Å². The van der Waals surface area contributed by atoms with Gasteiger partial charge in [-0.25, -0.2) is 0 Å². The SMILES string of the molecule is O=C1CC2CC3CC(C1)C(C2)C3. The Morgan fingerprint density at radius 2 is 1.58 bits per heavy atom. The van der Waals surface area contributed by atoms with Gasteiger partial charge in [0.2, 0.25) is 0 Å². The third-order valence-corrected chi connectivity index (χ3v) is 4.25. The van der Waals surface area contributed by atoms with Gasteiger partial charge in [0, 0.05) is 12.8 Å². The first-order valence-corrected chi connectivity index (χ1v) is 5.33. The average molecular weight is 164 g/mol. The number of ketones is 1. The van der Waals surface area contributed by atoms with E-state index in [0.717, 1.165) is 36.5 Å². The molecule has 1 nitrogen and oxygen atoms in total. The maximum Gasteiger partial charge on any atom is 0.133 e. The molecule has 0 aromatic heterocycles. The lowest BCUT2D eigenvalue weighted by atomic mass is 9.80. The molecule has 3 bridgehead atoms. The first-order chi connectivity index (χ1) is 5.81. The number of Topliss-reactive ketones (excluding diaryl/α,β-unsaturated/α-hetero) is 1. The zero-order valence-electron chi connectivity index (χ0n) is 7.46. The first kappa shape index (κ1) is 7.11. The molecule has 3 fully saturated rings. The third-order valence-electron chi connectivity index (χ3n) is 4.25. The molecule has 1 heteroatoms. The second-order valence-corrected chi connectivity index (χ2v) is 5.14. The van der Waals surface area contributed by atoms with Crippen molar-refractivity contribution in [3.63, 3.8) is 0 Å². The van der Waals surface area contributed by atoms with Gasteiger partial charge in [0.15, 0.2) is 0 Å². The van der Waals surface area contributed by atoms with E-state index in [1.54, 1.807) is 0 Å². The van der Waals surface area contributed by atoms with E-state index >= 15 is 0 Å². The van der Waals surface area contributed by atoms with Crippen LogP contribution in [0.5, 0.6) is 0 Å². The Hall–Kier alpha value is -0.330. The minimum Gasteiger partial charge on any atom is -0.300 e. The van der Waals surface area contributed by atoms with Crippen LogP contribution in [-0.2, 0) is 4.79 Å². The largest absolute Gasteiger partial charge is 0.300 e. The highest BCUT2D eigenvalue weighted by atomic mass is 16.1. The summed E-state index contributed by atoms with van der Waals surface area (Å²) < 4.78 is 0. The van der Waals surface area contributed by atoms with Crippen molar-refractivity contribution in [2.45, 2.75) is 38.5 Å². The molecular formula is C11H16O. The summed E-state index contributed by atoms with van der Waals surface area (Å²) in [6.45, 7) is 0. The highest BCUT2D eigenvalue weighted by Crippen LogP contribution is 2.52. The topological polar surface area (TPSA) is 17.1 Å². The van der Waals surface area contributed by atoms with Gasteiger partial charge >= 0.3 is 0 Å². The molecule has 0 heterocycles. The summed E-state index contributed by atoms with van der Waals surface area (Å²) in [7, 11) is 0. The third kappa shape index (κ3) is 0.949. The molecule has 66 valence electrons. The number of hydrogen-bond donors (Lipinski definition) is 0. The average Bonchev–Trinajstić information content (AvgIpc) is 2.20.